The van der Waals surface area contributed by atoms with E-state index in [1.807, 2.05) is 140 Å². The molecule has 96 heavy (non-hydrogen) atoms. The molecule has 0 aliphatic carbocycles. The summed E-state index contributed by atoms with van der Waals surface area (Å²) in [7, 11) is 0. The normalized spacial score (nSPS) is 11.1. The van der Waals surface area contributed by atoms with Gasteiger partial charge in [0.25, 0.3) is 0 Å². The van der Waals surface area contributed by atoms with Gasteiger partial charge >= 0.3 is 0 Å². The van der Waals surface area contributed by atoms with E-state index >= 15 is 0 Å². The highest BCUT2D eigenvalue weighted by atomic mass is 15.0. The maximum absolute atomic E-state index is 9.56. The molecule has 0 radical (unpaired) electrons. The minimum atomic E-state index is 0.557. The summed E-state index contributed by atoms with van der Waals surface area (Å²) in [5.74, 6) is 3.50. The second-order valence-corrected chi connectivity index (χ2v) is 23.6. The van der Waals surface area contributed by atoms with Gasteiger partial charge in [0.05, 0.1) is 23.3 Å². The third-order valence-corrected chi connectivity index (χ3v) is 17.7. The molecular weight excluding hydrogens is 1170 g/mol. The van der Waals surface area contributed by atoms with Crippen molar-refractivity contribution in [2.24, 2.45) is 0 Å². The Kier molecular flexibility index (Phi) is 15.2. The van der Waals surface area contributed by atoms with E-state index in [1.165, 1.54) is 0 Å². The first kappa shape index (κ1) is 57.7. The molecule has 0 aliphatic heterocycles. The number of benzene rings is 14. The molecule has 0 spiro atoms. The number of aromatic nitrogens is 6. The fourth-order valence-corrected chi connectivity index (χ4v) is 12.9. The topological polar surface area (TPSA) is 125 Å². The molecule has 0 N–H and O–H groups in total. The molecule has 14 aromatic carbocycles. The molecule has 0 aliphatic rings. The van der Waals surface area contributed by atoms with Crippen molar-refractivity contribution in [2.45, 2.75) is 0 Å². The minimum Gasteiger partial charge on any atom is -0.208 e. The number of hydrogen-bond donors (Lipinski definition) is 0. The van der Waals surface area contributed by atoms with Crippen molar-refractivity contribution in [1.29, 1.82) is 10.5 Å². The Labute approximate surface area is 555 Å². The predicted molar refractivity (Wildman–Crippen MR) is 388 cm³/mol. The average Bonchev–Trinajstić information content (AvgIpc) is 0.771. The maximum Gasteiger partial charge on any atom is 0.164 e. The summed E-state index contributed by atoms with van der Waals surface area (Å²) in [5.41, 5.74) is 21.5. The summed E-state index contributed by atoms with van der Waals surface area (Å²) in [6.45, 7) is 0. The summed E-state index contributed by atoms with van der Waals surface area (Å²) in [6, 6.07) is 117. The first-order valence-electron chi connectivity index (χ1n) is 31.8. The Balaban J connectivity index is 0.775. The second kappa shape index (κ2) is 25.4. The van der Waals surface area contributed by atoms with E-state index in [2.05, 4.69) is 200 Å². The van der Waals surface area contributed by atoms with Gasteiger partial charge in [0.1, 0.15) is 0 Å². The molecule has 0 bridgehead atoms. The Bertz CT molecular complexity index is 5610. The van der Waals surface area contributed by atoms with Crippen molar-refractivity contribution in [3.05, 3.63) is 339 Å². The van der Waals surface area contributed by atoms with Crippen molar-refractivity contribution in [1.82, 2.24) is 29.9 Å². The lowest BCUT2D eigenvalue weighted by Crippen LogP contribution is -2.00. The second-order valence-electron chi connectivity index (χ2n) is 23.6. The van der Waals surface area contributed by atoms with E-state index in [-0.39, 0.29) is 0 Å². The quantitative estimate of drug-likeness (QED) is 0.112. The van der Waals surface area contributed by atoms with Crippen LogP contribution in [-0.4, -0.2) is 29.9 Å². The van der Waals surface area contributed by atoms with E-state index in [0.29, 0.717) is 46.1 Å². The van der Waals surface area contributed by atoms with Gasteiger partial charge in [-0.1, -0.05) is 297 Å². The van der Waals surface area contributed by atoms with Gasteiger partial charge in [0.15, 0.2) is 34.9 Å². The van der Waals surface area contributed by atoms with Gasteiger partial charge in [0, 0.05) is 33.4 Å². The summed E-state index contributed by atoms with van der Waals surface area (Å²) in [5, 5.41) is 23.6. The lowest BCUT2D eigenvalue weighted by atomic mass is 9.87. The highest BCUT2D eigenvalue weighted by molar-refractivity contribution is 6.12. The van der Waals surface area contributed by atoms with Crippen molar-refractivity contribution < 1.29 is 0 Å². The molecule has 446 valence electrons. The van der Waals surface area contributed by atoms with Gasteiger partial charge in [-0.3, -0.25) is 0 Å². The maximum atomic E-state index is 9.56. The molecule has 0 saturated heterocycles. The number of nitrogens with zero attached hydrogens (tertiary/aromatic N) is 8. The smallest absolute Gasteiger partial charge is 0.164 e. The third-order valence-electron chi connectivity index (χ3n) is 17.7. The fraction of sp³-hybridized carbons (Fsp3) is 0. The fourth-order valence-electron chi connectivity index (χ4n) is 12.9. The largest absolute Gasteiger partial charge is 0.208 e. The molecule has 0 unspecified atom stereocenters. The van der Waals surface area contributed by atoms with E-state index < -0.39 is 0 Å². The molecule has 2 aromatic heterocycles. The molecule has 0 fully saturated rings. The summed E-state index contributed by atoms with van der Waals surface area (Å²) in [4.78, 5) is 30.7. The van der Waals surface area contributed by atoms with Crippen LogP contribution in [0.3, 0.4) is 0 Å². The number of rotatable bonds is 13. The monoisotopic (exact) mass is 1220 g/mol. The molecule has 0 atom stereocenters. The standard InChI is InChI=1S/C88H54N8/c89-55-57-31-33-59(34-32-57)60-35-39-65(40-36-60)79-52-51-75(80-30-14-29-78(82(79)80)64-45-49-70(50-46-64)86-92-83(67-16-4-1-5-17-67)91-84(93-86)68-18-6-2-7-19-68)73-25-11-26-74(54-73)88-95-85(69-20-8-3-9-21-69)94-87(96-88)71-47-43-63(44-48-71)77-28-13-23-66-22-12-27-76(81(66)77)62-41-37-61(38-42-62)72-24-10-15-58(53-72)56-90/h1-54H. The summed E-state index contributed by atoms with van der Waals surface area (Å²) >= 11 is 0. The van der Waals surface area contributed by atoms with Crippen molar-refractivity contribution in [3.63, 3.8) is 0 Å². The first-order valence-corrected chi connectivity index (χ1v) is 31.8. The van der Waals surface area contributed by atoms with Crippen LogP contribution in [0.2, 0.25) is 0 Å². The molecule has 8 nitrogen and oxygen atoms in total. The number of hydrogen-bond acceptors (Lipinski definition) is 8. The van der Waals surface area contributed by atoms with Crippen LogP contribution in [0.5, 0.6) is 0 Å². The van der Waals surface area contributed by atoms with Crippen molar-refractivity contribution in [3.8, 4) is 158 Å². The molecule has 8 heteroatoms. The first-order chi connectivity index (χ1) is 47.4. The Morgan fingerprint density at radius 1 is 0.188 bits per heavy atom. The van der Waals surface area contributed by atoms with Gasteiger partial charge in [-0.05, 0) is 130 Å². The van der Waals surface area contributed by atoms with Crippen LogP contribution in [0.4, 0.5) is 0 Å². The molecule has 16 rings (SSSR count). The molecular formula is C88H54N8. The van der Waals surface area contributed by atoms with Crippen LogP contribution in [0.15, 0.2) is 328 Å². The highest BCUT2D eigenvalue weighted by Gasteiger charge is 2.20. The van der Waals surface area contributed by atoms with E-state index in [0.717, 1.165) is 133 Å². The van der Waals surface area contributed by atoms with Crippen LogP contribution in [0.25, 0.3) is 168 Å². The zero-order valence-electron chi connectivity index (χ0n) is 51.8. The van der Waals surface area contributed by atoms with Crippen LogP contribution < -0.4 is 0 Å². The van der Waals surface area contributed by atoms with Gasteiger partial charge in [0.2, 0.25) is 0 Å². The zero-order chi connectivity index (χ0) is 64.3. The highest BCUT2D eigenvalue weighted by Crippen LogP contribution is 2.44. The molecule has 2 heterocycles. The average molecular weight is 1220 g/mol. The van der Waals surface area contributed by atoms with Crippen LogP contribution in [-0.2, 0) is 0 Å². The van der Waals surface area contributed by atoms with Crippen LogP contribution in [0, 0.1) is 22.7 Å². The molecule has 0 saturated carbocycles. The zero-order valence-corrected chi connectivity index (χ0v) is 51.8. The Morgan fingerprint density at radius 2 is 0.500 bits per heavy atom. The predicted octanol–water partition coefficient (Wildman–Crippen LogP) is 21.8. The Hall–Kier alpha value is -13.4. The van der Waals surface area contributed by atoms with E-state index in [1.54, 1.807) is 0 Å². The Morgan fingerprint density at radius 3 is 0.958 bits per heavy atom. The number of fused-ring (bicyclic) bond motifs is 2. The lowest BCUT2D eigenvalue weighted by molar-refractivity contribution is 1.07. The van der Waals surface area contributed by atoms with Gasteiger partial charge in [-0.25, -0.2) is 29.9 Å². The summed E-state index contributed by atoms with van der Waals surface area (Å²) < 4.78 is 0. The van der Waals surface area contributed by atoms with Gasteiger partial charge < -0.3 is 0 Å². The minimum absolute atomic E-state index is 0.557. The van der Waals surface area contributed by atoms with Crippen LogP contribution in [0.1, 0.15) is 11.1 Å². The molecule has 16 aromatic rings. The summed E-state index contributed by atoms with van der Waals surface area (Å²) in [6.07, 6.45) is 0. The van der Waals surface area contributed by atoms with Crippen LogP contribution >= 0.6 is 0 Å². The van der Waals surface area contributed by atoms with Crippen molar-refractivity contribution >= 4 is 21.5 Å². The SMILES string of the molecule is N#Cc1ccc(-c2ccc(-c3ccc(-c4cccc(-c5nc(-c6ccccc6)nc(-c6ccc(-c7cccc8cccc(-c9ccc(-c%10cccc(C#N)c%10)cc9)c78)cc6)n5)c4)c4cccc(-c5ccc(-c6nc(-c7ccccc7)nc(-c7ccccc7)n6)cc5)c34)cc2)cc1. The van der Waals surface area contributed by atoms with E-state index in [9.17, 15) is 10.5 Å². The van der Waals surface area contributed by atoms with Gasteiger partial charge in [-0.15, -0.1) is 0 Å². The third kappa shape index (κ3) is 11.4. The van der Waals surface area contributed by atoms with Crippen molar-refractivity contribution in [2.75, 3.05) is 0 Å². The lowest BCUT2D eigenvalue weighted by Gasteiger charge is -2.17. The van der Waals surface area contributed by atoms with Gasteiger partial charge in [-0.2, -0.15) is 10.5 Å². The molecule has 0 amide bonds. The van der Waals surface area contributed by atoms with E-state index in [4.69, 9.17) is 29.9 Å². The number of nitriles is 2.